The first-order valence-electron chi connectivity index (χ1n) is 5.96. The molecule has 2 N–H and O–H groups in total. The topological polar surface area (TPSA) is 80.5 Å². The van der Waals surface area contributed by atoms with Crippen molar-refractivity contribution in [3.63, 3.8) is 0 Å². The Morgan fingerprint density at radius 3 is 2.21 bits per heavy atom. The summed E-state index contributed by atoms with van der Waals surface area (Å²) in [4.78, 5) is 11.1. The number of rotatable bonds is 3. The fourth-order valence-corrected chi connectivity index (χ4v) is 3.61. The molecular weight excluding hydrogens is 271 g/mol. The van der Waals surface area contributed by atoms with Gasteiger partial charge in [-0.1, -0.05) is 0 Å². The zero-order valence-corrected chi connectivity index (χ0v) is 11.1. The quantitative estimate of drug-likeness (QED) is 0.888. The van der Waals surface area contributed by atoms with Crippen LogP contribution in [0, 0.1) is 11.7 Å². The average molecular weight is 286 g/mol. The number of primary amides is 1. The van der Waals surface area contributed by atoms with E-state index in [-0.39, 0.29) is 29.8 Å². The summed E-state index contributed by atoms with van der Waals surface area (Å²) in [5, 5.41) is 0. The molecule has 1 aliphatic heterocycles. The minimum Gasteiger partial charge on any atom is -0.369 e. The van der Waals surface area contributed by atoms with Crippen LogP contribution in [-0.2, 0) is 14.8 Å². The largest absolute Gasteiger partial charge is 0.369 e. The first kappa shape index (κ1) is 14.0. The lowest BCUT2D eigenvalue weighted by Gasteiger charge is -2.29. The zero-order valence-electron chi connectivity index (χ0n) is 10.3. The van der Waals surface area contributed by atoms with Crippen LogP contribution in [0.5, 0.6) is 0 Å². The molecule has 1 fully saturated rings. The molecule has 0 aliphatic carbocycles. The Balaban J connectivity index is 2.14. The van der Waals surface area contributed by atoms with Crippen LogP contribution >= 0.6 is 0 Å². The number of amides is 1. The number of nitrogens with zero attached hydrogens (tertiary/aromatic N) is 1. The van der Waals surface area contributed by atoms with Crippen molar-refractivity contribution in [2.75, 3.05) is 13.1 Å². The van der Waals surface area contributed by atoms with Crippen molar-refractivity contribution in [2.24, 2.45) is 11.7 Å². The molecule has 0 bridgehead atoms. The molecule has 1 amide bonds. The zero-order chi connectivity index (χ0) is 14.0. The molecule has 1 heterocycles. The van der Waals surface area contributed by atoms with E-state index in [1.165, 1.54) is 16.4 Å². The molecule has 0 aromatic heterocycles. The van der Waals surface area contributed by atoms with Crippen LogP contribution in [0.1, 0.15) is 12.8 Å². The van der Waals surface area contributed by atoms with Crippen molar-refractivity contribution < 1.29 is 17.6 Å². The second-order valence-corrected chi connectivity index (χ2v) is 6.47. The Hall–Kier alpha value is -1.47. The lowest BCUT2D eigenvalue weighted by molar-refractivity contribution is -0.122. The number of sulfonamides is 1. The summed E-state index contributed by atoms with van der Waals surface area (Å²) < 4.78 is 38.6. The molecule has 7 heteroatoms. The van der Waals surface area contributed by atoms with E-state index in [0.717, 1.165) is 12.1 Å². The normalized spacial score (nSPS) is 18.4. The highest BCUT2D eigenvalue weighted by Crippen LogP contribution is 2.23. The molecule has 5 nitrogen and oxygen atoms in total. The highest BCUT2D eigenvalue weighted by molar-refractivity contribution is 7.89. The van der Waals surface area contributed by atoms with Gasteiger partial charge in [0.05, 0.1) is 4.90 Å². The number of hydrogen-bond acceptors (Lipinski definition) is 3. The monoisotopic (exact) mass is 286 g/mol. The van der Waals surface area contributed by atoms with E-state index in [0.29, 0.717) is 12.8 Å². The van der Waals surface area contributed by atoms with Gasteiger partial charge in [0.2, 0.25) is 15.9 Å². The number of carbonyl (C=O) groups excluding carboxylic acids is 1. The number of carbonyl (C=O) groups is 1. The first-order chi connectivity index (χ1) is 8.91. The van der Waals surface area contributed by atoms with Crippen LogP contribution in [0.2, 0.25) is 0 Å². The van der Waals surface area contributed by atoms with Crippen LogP contribution in [-0.4, -0.2) is 31.7 Å². The van der Waals surface area contributed by atoms with Gasteiger partial charge in [-0.3, -0.25) is 4.79 Å². The molecule has 0 atom stereocenters. The van der Waals surface area contributed by atoms with Gasteiger partial charge in [0.1, 0.15) is 5.82 Å². The summed E-state index contributed by atoms with van der Waals surface area (Å²) in [5.41, 5.74) is 5.20. The van der Waals surface area contributed by atoms with Crippen LogP contribution in [0.4, 0.5) is 4.39 Å². The smallest absolute Gasteiger partial charge is 0.243 e. The Morgan fingerprint density at radius 2 is 1.74 bits per heavy atom. The maximum Gasteiger partial charge on any atom is 0.243 e. The Kier molecular flexibility index (Phi) is 3.86. The second-order valence-electron chi connectivity index (χ2n) is 4.53. The standard InChI is InChI=1S/C12H15FN2O3S/c13-10-1-3-11(4-2-10)19(17,18)15-7-5-9(6-8-15)12(14)16/h1-4,9H,5-8H2,(H2,14,16). The van der Waals surface area contributed by atoms with Crippen LogP contribution in [0.25, 0.3) is 0 Å². The Labute approximate surface area is 111 Å². The highest BCUT2D eigenvalue weighted by atomic mass is 32.2. The number of nitrogens with two attached hydrogens (primary N) is 1. The van der Waals surface area contributed by atoms with E-state index >= 15 is 0 Å². The molecule has 104 valence electrons. The van der Waals surface area contributed by atoms with Crippen molar-refractivity contribution in [3.05, 3.63) is 30.1 Å². The SMILES string of the molecule is NC(=O)C1CCN(S(=O)(=O)c2ccc(F)cc2)CC1. The minimum atomic E-state index is -3.61. The van der Waals surface area contributed by atoms with E-state index < -0.39 is 15.8 Å². The number of hydrogen-bond donors (Lipinski definition) is 1. The molecule has 2 rings (SSSR count). The molecule has 0 radical (unpaired) electrons. The lowest BCUT2D eigenvalue weighted by Crippen LogP contribution is -2.41. The molecule has 1 aliphatic rings. The first-order valence-corrected chi connectivity index (χ1v) is 7.40. The molecule has 0 saturated carbocycles. The van der Waals surface area contributed by atoms with Gasteiger partial charge in [0, 0.05) is 19.0 Å². The summed E-state index contributed by atoms with van der Waals surface area (Å²) in [5.74, 6) is -1.13. The summed E-state index contributed by atoms with van der Waals surface area (Å²) in [6.07, 6.45) is 0.853. The summed E-state index contributed by atoms with van der Waals surface area (Å²) >= 11 is 0. The molecule has 1 aromatic rings. The lowest BCUT2D eigenvalue weighted by atomic mass is 9.98. The van der Waals surface area contributed by atoms with Crippen molar-refractivity contribution in [1.82, 2.24) is 4.31 Å². The summed E-state index contributed by atoms with van der Waals surface area (Å²) in [6.45, 7) is 0.515. The number of benzene rings is 1. The van der Waals surface area contributed by atoms with Crippen LogP contribution in [0.15, 0.2) is 29.2 Å². The molecule has 19 heavy (non-hydrogen) atoms. The van der Waals surface area contributed by atoms with E-state index in [2.05, 4.69) is 0 Å². The average Bonchev–Trinajstić information content (AvgIpc) is 2.39. The molecule has 1 aromatic carbocycles. The van der Waals surface area contributed by atoms with Gasteiger partial charge in [0.15, 0.2) is 0 Å². The molecule has 0 spiro atoms. The van der Waals surface area contributed by atoms with Gasteiger partial charge < -0.3 is 5.73 Å². The molecular formula is C12H15FN2O3S. The Bertz CT molecular complexity index is 563. The predicted octanol–water partition coefficient (Wildman–Crippen LogP) is 0.712. The fourth-order valence-electron chi connectivity index (χ4n) is 2.14. The van der Waals surface area contributed by atoms with Crippen molar-refractivity contribution in [1.29, 1.82) is 0 Å². The minimum absolute atomic E-state index is 0.0615. The fraction of sp³-hybridized carbons (Fsp3) is 0.417. The summed E-state index contributed by atoms with van der Waals surface area (Å²) in [6, 6.07) is 4.71. The van der Waals surface area contributed by atoms with Crippen LogP contribution < -0.4 is 5.73 Å². The summed E-state index contributed by atoms with van der Waals surface area (Å²) in [7, 11) is -3.61. The Morgan fingerprint density at radius 1 is 1.21 bits per heavy atom. The second kappa shape index (κ2) is 5.26. The predicted molar refractivity (Wildman–Crippen MR) is 67.1 cm³/mol. The van der Waals surface area contributed by atoms with Gasteiger partial charge in [-0.25, -0.2) is 12.8 Å². The van der Waals surface area contributed by atoms with Gasteiger partial charge in [-0.15, -0.1) is 0 Å². The third kappa shape index (κ3) is 2.93. The van der Waals surface area contributed by atoms with E-state index in [9.17, 15) is 17.6 Å². The van der Waals surface area contributed by atoms with E-state index in [4.69, 9.17) is 5.73 Å². The van der Waals surface area contributed by atoms with Crippen molar-refractivity contribution >= 4 is 15.9 Å². The third-order valence-corrected chi connectivity index (χ3v) is 5.22. The van der Waals surface area contributed by atoms with Gasteiger partial charge in [-0.2, -0.15) is 4.31 Å². The van der Waals surface area contributed by atoms with Crippen molar-refractivity contribution in [3.8, 4) is 0 Å². The van der Waals surface area contributed by atoms with Gasteiger partial charge >= 0.3 is 0 Å². The van der Waals surface area contributed by atoms with Crippen LogP contribution in [0.3, 0.4) is 0 Å². The van der Waals surface area contributed by atoms with E-state index in [1.54, 1.807) is 0 Å². The maximum absolute atomic E-state index is 12.8. The molecule has 0 unspecified atom stereocenters. The van der Waals surface area contributed by atoms with Gasteiger partial charge in [0.25, 0.3) is 0 Å². The number of piperidine rings is 1. The maximum atomic E-state index is 12.8. The van der Waals surface area contributed by atoms with Crippen molar-refractivity contribution in [2.45, 2.75) is 17.7 Å². The number of halogens is 1. The third-order valence-electron chi connectivity index (χ3n) is 3.31. The molecule has 1 saturated heterocycles. The van der Waals surface area contributed by atoms with E-state index in [1.807, 2.05) is 0 Å². The van der Waals surface area contributed by atoms with Gasteiger partial charge in [-0.05, 0) is 37.1 Å². The highest BCUT2D eigenvalue weighted by Gasteiger charge is 2.31.